The number of fused-ring (bicyclic) bond motifs is 1. The van der Waals surface area contributed by atoms with Crippen LogP contribution < -0.4 is 9.64 Å². The molecule has 27 heavy (non-hydrogen) atoms. The maximum atomic E-state index is 5.90. The van der Waals surface area contributed by atoms with Crippen molar-refractivity contribution in [2.45, 2.75) is 13.2 Å². The van der Waals surface area contributed by atoms with Crippen LogP contribution in [0.5, 0.6) is 5.75 Å². The molecule has 4 rings (SSSR count). The molecule has 0 atom stereocenters. The molecule has 4 aromatic rings. The molecule has 0 fully saturated rings. The van der Waals surface area contributed by atoms with Gasteiger partial charge in [-0.25, -0.2) is 4.98 Å². The van der Waals surface area contributed by atoms with Crippen molar-refractivity contribution >= 4 is 16.6 Å². The van der Waals surface area contributed by atoms with Crippen LogP contribution in [0.25, 0.3) is 10.9 Å². The van der Waals surface area contributed by atoms with Gasteiger partial charge in [-0.1, -0.05) is 30.3 Å². The van der Waals surface area contributed by atoms with Gasteiger partial charge in [-0.2, -0.15) is 0 Å². The summed E-state index contributed by atoms with van der Waals surface area (Å²) in [7, 11) is 2.07. The first kappa shape index (κ1) is 17.0. The lowest BCUT2D eigenvalue weighted by Crippen LogP contribution is -2.16. The molecule has 0 aliphatic carbocycles. The Labute approximate surface area is 159 Å². The standard InChI is InChI=1S/C23H21N3O/c1-26(16-18-5-4-14-24-15-18)21-10-12-22(13-11-21)27-17-20-9-8-19-6-2-3-7-23(19)25-20/h2-15H,16-17H2,1H3. The third-order valence-corrected chi connectivity index (χ3v) is 4.46. The predicted octanol–water partition coefficient (Wildman–Crippen LogP) is 4.85. The zero-order valence-corrected chi connectivity index (χ0v) is 15.2. The van der Waals surface area contributed by atoms with Crippen LogP contribution in [0.4, 0.5) is 5.69 Å². The summed E-state index contributed by atoms with van der Waals surface area (Å²) in [5, 5.41) is 1.14. The van der Waals surface area contributed by atoms with Crippen LogP contribution in [0.15, 0.2) is 85.2 Å². The molecule has 4 heteroatoms. The van der Waals surface area contributed by atoms with E-state index in [1.807, 2.05) is 48.7 Å². The molecular formula is C23H21N3O. The second-order valence-corrected chi connectivity index (χ2v) is 6.50. The molecule has 0 N–H and O–H groups in total. The van der Waals surface area contributed by atoms with Crippen molar-refractivity contribution in [1.29, 1.82) is 0 Å². The highest BCUT2D eigenvalue weighted by molar-refractivity contribution is 5.78. The molecule has 4 nitrogen and oxygen atoms in total. The van der Waals surface area contributed by atoms with E-state index in [0.717, 1.165) is 34.6 Å². The van der Waals surface area contributed by atoms with Gasteiger partial charge in [0.1, 0.15) is 12.4 Å². The number of pyridine rings is 2. The highest BCUT2D eigenvalue weighted by Gasteiger charge is 2.04. The Morgan fingerprint density at radius 1 is 0.889 bits per heavy atom. The zero-order valence-electron chi connectivity index (χ0n) is 15.2. The van der Waals surface area contributed by atoms with Crippen molar-refractivity contribution in [2.24, 2.45) is 0 Å². The van der Waals surface area contributed by atoms with Crippen molar-refractivity contribution in [3.05, 3.63) is 96.4 Å². The minimum absolute atomic E-state index is 0.454. The number of hydrogen-bond donors (Lipinski definition) is 0. The molecule has 134 valence electrons. The minimum Gasteiger partial charge on any atom is -0.487 e. The van der Waals surface area contributed by atoms with Crippen molar-refractivity contribution in [1.82, 2.24) is 9.97 Å². The van der Waals surface area contributed by atoms with Gasteiger partial charge in [0.2, 0.25) is 0 Å². The molecular weight excluding hydrogens is 334 g/mol. The van der Waals surface area contributed by atoms with Crippen LogP contribution in [0.3, 0.4) is 0 Å². The van der Waals surface area contributed by atoms with Gasteiger partial charge >= 0.3 is 0 Å². The molecule has 0 aliphatic rings. The summed E-state index contributed by atoms with van der Waals surface area (Å²) in [4.78, 5) is 11.0. The van der Waals surface area contributed by atoms with E-state index in [2.05, 4.69) is 52.2 Å². The summed E-state index contributed by atoms with van der Waals surface area (Å²) in [6.45, 7) is 1.27. The summed E-state index contributed by atoms with van der Waals surface area (Å²) in [5.41, 5.74) is 4.23. The van der Waals surface area contributed by atoms with E-state index < -0.39 is 0 Å². The van der Waals surface area contributed by atoms with Crippen LogP contribution in [0.1, 0.15) is 11.3 Å². The molecule has 0 radical (unpaired) electrons. The van der Waals surface area contributed by atoms with E-state index in [0.29, 0.717) is 6.61 Å². The van der Waals surface area contributed by atoms with E-state index in [1.165, 1.54) is 5.56 Å². The van der Waals surface area contributed by atoms with Gasteiger partial charge < -0.3 is 9.64 Å². The zero-order chi connectivity index (χ0) is 18.5. The van der Waals surface area contributed by atoms with Crippen LogP contribution in [0.2, 0.25) is 0 Å². The maximum absolute atomic E-state index is 5.90. The Balaban J connectivity index is 1.38. The molecule has 2 aromatic carbocycles. The number of hydrogen-bond acceptors (Lipinski definition) is 4. The smallest absolute Gasteiger partial charge is 0.130 e. The Morgan fingerprint density at radius 3 is 2.56 bits per heavy atom. The van der Waals surface area contributed by atoms with Crippen LogP contribution in [-0.4, -0.2) is 17.0 Å². The number of benzene rings is 2. The average molecular weight is 355 g/mol. The highest BCUT2D eigenvalue weighted by Crippen LogP contribution is 2.21. The van der Waals surface area contributed by atoms with Gasteiger partial charge in [-0.05, 0) is 48.0 Å². The van der Waals surface area contributed by atoms with Gasteiger partial charge in [0.05, 0.1) is 11.2 Å². The lowest BCUT2D eigenvalue weighted by molar-refractivity contribution is 0.302. The fraction of sp³-hybridized carbons (Fsp3) is 0.130. The Hall–Kier alpha value is -3.40. The van der Waals surface area contributed by atoms with E-state index >= 15 is 0 Å². The topological polar surface area (TPSA) is 38.2 Å². The molecule has 0 bridgehead atoms. The Kier molecular flexibility index (Phi) is 4.97. The number of nitrogens with zero attached hydrogens (tertiary/aromatic N) is 3. The van der Waals surface area contributed by atoms with Gasteiger partial charge in [0.25, 0.3) is 0 Å². The van der Waals surface area contributed by atoms with Gasteiger partial charge in [-0.3, -0.25) is 4.98 Å². The lowest BCUT2D eigenvalue weighted by Gasteiger charge is -2.19. The molecule has 0 saturated heterocycles. The van der Waals surface area contributed by atoms with Crippen molar-refractivity contribution in [3.8, 4) is 5.75 Å². The first-order chi connectivity index (χ1) is 13.3. The minimum atomic E-state index is 0.454. The quantitative estimate of drug-likeness (QED) is 0.496. The lowest BCUT2D eigenvalue weighted by atomic mass is 10.2. The number of ether oxygens (including phenoxy) is 1. The van der Waals surface area contributed by atoms with E-state index in [1.54, 1.807) is 6.20 Å². The fourth-order valence-electron chi connectivity index (χ4n) is 3.00. The van der Waals surface area contributed by atoms with Crippen molar-refractivity contribution < 1.29 is 4.74 Å². The molecule has 0 spiro atoms. The van der Waals surface area contributed by atoms with Crippen LogP contribution in [0, 0.1) is 0 Å². The van der Waals surface area contributed by atoms with Gasteiger partial charge in [0, 0.05) is 37.1 Å². The van der Waals surface area contributed by atoms with Crippen molar-refractivity contribution in [3.63, 3.8) is 0 Å². The second-order valence-electron chi connectivity index (χ2n) is 6.50. The van der Waals surface area contributed by atoms with Gasteiger partial charge in [0.15, 0.2) is 0 Å². The monoisotopic (exact) mass is 355 g/mol. The maximum Gasteiger partial charge on any atom is 0.130 e. The largest absolute Gasteiger partial charge is 0.487 e. The normalized spacial score (nSPS) is 10.7. The molecule has 0 amide bonds. The summed E-state index contributed by atoms with van der Waals surface area (Å²) >= 11 is 0. The number of para-hydroxylation sites is 1. The summed E-state index contributed by atoms with van der Waals surface area (Å²) in [6.07, 6.45) is 3.69. The third-order valence-electron chi connectivity index (χ3n) is 4.46. The van der Waals surface area contributed by atoms with Crippen molar-refractivity contribution in [2.75, 3.05) is 11.9 Å². The first-order valence-corrected chi connectivity index (χ1v) is 8.95. The third kappa shape index (κ3) is 4.23. The van der Waals surface area contributed by atoms with E-state index in [4.69, 9.17) is 4.74 Å². The predicted molar refractivity (Wildman–Crippen MR) is 109 cm³/mol. The number of anilines is 1. The molecule has 0 unspecified atom stereocenters. The number of aromatic nitrogens is 2. The Morgan fingerprint density at radius 2 is 1.74 bits per heavy atom. The molecule has 0 aliphatic heterocycles. The molecule has 2 aromatic heterocycles. The average Bonchev–Trinajstić information content (AvgIpc) is 2.73. The van der Waals surface area contributed by atoms with Crippen LogP contribution in [-0.2, 0) is 13.2 Å². The molecule has 2 heterocycles. The van der Waals surface area contributed by atoms with Crippen LogP contribution >= 0.6 is 0 Å². The SMILES string of the molecule is CN(Cc1cccnc1)c1ccc(OCc2ccc3ccccc3n2)cc1. The van der Waals surface area contributed by atoms with E-state index in [-0.39, 0.29) is 0 Å². The number of rotatable bonds is 6. The molecule has 0 saturated carbocycles. The summed E-state index contributed by atoms with van der Waals surface area (Å²) in [5.74, 6) is 0.837. The summed E-state index contributed by atoms with van der Waals surface area (Å²) in [6, 6.07) is 24.4. The Bertz CT molecular complexity index is 1020. The summed E-state index contributed by atoms with van der Waals surface area (Å²) < 4.78 is 5.90. The van der Waals surface area contributed by atoms with Gasteiger partial charge in [-0.15, -0.1) is 0 Å². The highest BCUT2D eigenvalue weighted by atomic mass is 16.5. The fourth-order valence-corrected chi connectivity index (χ4v) is 3.00. The first-order valence-electron chi connectivity index (χ1n) is 8.95. The van der Waals surface area contributed by atoms with E-state index in [9.17, 15) is 0 Å². The second kappa shape index (κ2) is 7.87.